The zero-order chi connectivity index (χ0) is 35.0. The van der Waals surface area contributed by atoms with E-state index in [-0.39, 0.29) is 39.9 Å². The van der Waals surface area contributed by atoms with Gasteiger partial charge >= 0.3 is 12.2 Å². The fourth-order valence-corrected chi connectivity index (χ4v) is 5.49. The Morgan fingerprint density at radius 3 is 2.54 bits per heavy atom. The fourth-order valence-electron chi connectivity index (χ4n) is 5.22. The number of urea groups is 1. The number of hydrogen-bond donors (Lipinski definition) is 5. The summed E-state index contributed by atoms with van der Waals surface area (Å²) in [5.41, 5.74) is -1.74. The second-order valence-corrected chi connectivity index (χ2v) is 12.1. The van der Waals surface area contributed by atoms with Gasteiger partial charge in [0.05, 0.1) is 40.2 Å². The van der Waals surface area contributed by atoms with E-state index >= 15 is 0 Å². The Morgan fingerprint density at radius 2 is 1.92 bits per heavy atom. The molecule has 1 aromatic carbocycles. The zero-order valence-electron chi connectivity index (χ0n) is 25.7. The van der Waals surface area contributed by atoms with Crippen molar-refractivity contribution in [3.63, 3.8) is 0 Å². The number of nitrogens with one attached hydrogen (secondary N) is 4. The van der Waals surface area contributed by atoms with E-state index in [1.54, 1.807) is 7.05 Å². The number of imidazole rings is 1. The lowest BCUT2D eigenvalue weighted by Crippen LogP contribution is -2.48. The van der Waals surface area contributed by atoms with E-state index in [9.17, 15) is 41.4 Å². The lowest BCUT2D eigenvalue weighted by molar-refractivity contribution is -0.141. The number of unbranched alkanes of at least 4 members (excludes halogenated alkanes) is 1. The third-order valence-corrected chi connectivity index (χ3v) is 8.41. The summed E-state index contributed by atoms with van der Waals surface area (Å²) in [5.74, 6) is -4.71. The highest BCUT2D eigenvalue weighted by atomic mass is 35.5. The van der Waals surface area contributed by atoms with Crippen molar-refractivity contribution in [2.45, 2.75) is 49.5 Å². The number of carbonyl (C=O) groups is 3. The van der Waals surface area contributed by atoms with Crippen LogP contribution in [0.3, 0.4) is 0 Å². The van der Waals surface area contributed by atoms with Crippen LogP contribution < -0.4 is 21.3 Å². The van der Waals surface area contributed by atoms with Gasteiger partial charge in [-0.2, -0.15) is 18.3 Å². The van der Waals surface area contributed by atoms with Gasteiger partial charge in [-0.25, -0.2) is 18.6 Å². The number of aromatic nitrogens is 4. The molecule has 1 saturated heterocycles. The third kappa shape index (κ3) is 7.71. The SMILES string of the molecule is CN(CCCCNC(=O)c1ccc(NC(=O)c2ncc(-c3cn(C4CC4(F)F)nc3C(F)(F)F)n2C)cc1Cl)C(=O)NC1CNCC1O. The molecule has 48 heavy (non-hydrogen) atoms. The van der Waals surface area contributed by atoms with Crippen molar-refractivity contribution < 1.29 is 41.4 Å². The molecule has 1 saturated carbocycles. The summed E-state index contributed by atoms with van der Waals surface area (Å²) >= 11 is 6.30. The van der Waals surface area contributed by atoms with Crippen LogP contribution in [0.25, 0.3) is 11.3 Å². The number of rotatable bonds is 11. The van der Waals surface area contributed by atoms with Gasteiger partial charge < -0.3 is 35.8 Å². The molecule has 19 heteroatoms. The summed E-state index contributed by atoms with van der Waals surface area (Å²) in [6, 6.07) is 1.98. The molecule has 5 rings (SSSR count). The highest BCUT2D eigenvalue weighted by Crippen LogP contribution is 2.53. The molecule has 3 heterocycles. The average Bonchev–Trinajstić information content (AvgIpc) is 3.40. The first-order valence-electron chi connectivity index (χ1n) is 14.9. The molecule has 3 aromatic rings. The summed E-state index contributed by atoms with van der Waals surface area (Å²) in [7, 11) is 2.93. The minimum absolute atomic E-state index is 0.0185. The molecule has 3 atom stereocenters. The Kier molecular flexibility index (Phi) is 9.98. The zero-order valence-corrected chi connectivity index (χ0v) is 26.5. The van der Waals surface area contributed by atoms with Crippen LogP contribution in [0.4, 0.5) is 32.4 Å². The van der Waals surface area contributed by atoms with Crippen LogP contribution in [0.5, 0.6) is 0 Å². The molecule has 4 amide bonds. The molecular formula is C29H33ClF5N9O4. The first-order chi connectivity index (χ1) is 22.6. The summed E-state index contributed by atoms with van der Waals surface area (Å²) in [4.78, 5) is 43.4. The second-order valence-electron chi connectivity index (χ2n) is 11.7. The maximum Gasteiger partial charge on any atom is 0.435 e. The monoisotopic (exact) mass is 701 g/mol. The number of hydrogen-bond acceptors (Lipinski definition) is 7. The van der Waals surface area contributed by atoms with E-state index in [0.29, 0.717) is 43.7 Å². The fraction of sp³-hybridized carbons (Fsp3) is 0.483. The number of β-amino-alcohol motifs (C(OH)–C–C–N with tert-alkyl or cyclic N) is 1. The molecule has 1 aliphatic carbocycles. The minimum atomic E-state index is -4.95. The molecule has 0 radical (unpaired) electrons. The van der Waals surface area contributed by atoms with Gasteiger partial charge in [0.15, 0.2) is 11.5 Å². The van der Waals surface area contributed by atoms with E-state index in [4.69, 9.17) is 11.6 Å². The highest BCUT2D eigenvalue weighted by molar-refractivity contribution is 6.34. The van der Waals surface area contributed by atoms with Gasteiger partial charge in [-0.1, -0.05) is 11.6 Å². The maximum absolute atomic E-state index is 13.7. The van der Waals surface area contributed by atoms with Crippen molar-refractivity contribution in [1.29, 1.82) is 0 Å². The molecule has 0 spiro atoms. The van der Waals surface area contributed by atoms with Crippen LogP contribution in [-0.2, 0) is 13.2 Å². The first-order valence-corrected chi connectivity index (χ1v) is 15.3. The number of carbonyl (C=O) groups excluding carboxylic acids is 3. The van der Waals surface area contributed by atoms with E-state index < -0.39 is 53.7 Å². The Morgan fingerprint density at radius 1 is 1.19 bits per heavy atom. The Bertz CT molecular complexity index is 1700. The van der Waals surface area contributed by atoms with E-state index in [0.717, 1.165) is 17.0 Å². The molecule has 1 aliphatic heterocycles. The predicted octanol–water partition coefficient (Wildman–Crippen LogP) is 3.27. The lowest BCUT2D eigenvalue weighted by atomic mass is 10.2. The van der Waals surface area contributed by atoms with Crippen molar-refractivity contribution in [2.24, 2.45) is 7.05 Å². The summed E-state index contributed by atoms with van der Waals surface area (Å²) in [6.45, 7) is 1.64. The van der Waals surface area contributed by atoms with Crippen molar-refractivity contribution in [2.75, 3.05) is 38.5 Å². The standard InChI is InChI=1S/C29H33ClF5N9O4/c1-42(27(48)40-19-11-36-13-21(19)45)8-4-3-7-37-25(46)16-6-5-15(9-18(16)30)39-26(47)24-38-12-20(43(24)2)17-14-44(22-10-28(22,31)32)41-23(17)29(33,34)35/h5-6,9,12,14,19,21-22,36,45H,3-4,7-8,10-11,13H2,1-2H3,(H,37,46)(H,39,47)(H,40,48). The maximum atomic E-state index is 13.7. The Labute approximate surface area is 275 Å². The van der Waals surface area contributed by atoms with Crippen LogP contribution in [-0.4, -0.2) is 98.5 Å². The van der Waals surface area contributed by atoms with Crippen LogP contribution in [0.2, 0.25) is 5.02 Å². The molecule has 2 fully saturated rings. The van der Waals surface area contributed by atoms with Crippen molar-refractivity contribution in [1.82, 2.24) is 40.2 Å². The number of halogens is 6. The summed E-state index contributed by atoms with van der Waals surface area (Å²) in [5, 5.41) is 24.2. The van der Waals surface area contributed by atoms with Crippen LogP contribution in [0.1, 0.15) is 52.0 Å². The average molecular weight is 702 g/mol. The largest absolute Gasteiger partial charge is 0.435 e. The molecular weight excluding hydrogens is 669 g/mol. The topological polar surface area (TPSA) is 158 Å². The van der Waals surface area contributed by atoms with E-state index in [2.05, 4.69) is 31.3 Å². The molecule has 5 N–H and O–H groups in total. The van der Waals surface area contributed by atoms with Crippen molar-refractivity contribution in [3.8, 4) is 11.3 Å². The van der Waals surface area contributed by atoms with Gasteiger partial charge in [0, 0.05) is 58.6 Å². The number of nitrogens with zero attached hydrogens (tertiary/aromatic N) is 5. The molecule has 2 aromatic heterocycles. The van der Waals surface area contributed by atoms with Gasteiger partial charge in [0.25, 0.3) is 17.7 Å². The molecule has 2 aliphatic rings. The van der Waals surface area contributed by atoms with Crippen molar-refractivity contribution >= 4 is 35.1 Å². The van der Waals surface area contributed by atoms with Crippen molar-refractivity contribution in [3.05, 3.63) is 52.7 Å². The van der Waals surface area contributed by atoms with Gasteiger partial charge in [0.1, 0.15) is 6.04 Å². The lowest BCUT2D eigenvalue weighted by Gasteiger charge is -2.22. The molecule has 3 unspecified atom stereocenters. The summed E-state index contributed by atoms with van der Waals surface area (Å²) < 4.78 is 69.9. The van der Waals surface area contributed by atoms with E-state index in [1.165, 1.54) is 30.1 Å². The van der Waals surface area contributed by atoms with Gasteiger partial charge in [-0.05, 0) is 31.0 Å². The number of aliphatic hydroxyl groups is 1. The smallest absolute Gasteiger partial charge is 0.390 e. The molecule has 13 nitrogen and oxygen atoms in total. The Balaban J connectivity index is 1.14. The second kappa shape index (κ2) is 13.7. The van der Waals surface area contributed by atoms with Gasteiger partial charge in [-0.3, -0.25) is 14.3 Å². The third-order valence-electron chi connectivity index (χ3n) is 8.10. The molecule has 260 valence electrons. The van der Waals surface area contributed by atoms with Gasteiger partial charge in [-0.15, -0.1) is 0 Å². The predicted molar refractivity (Wildman–Crippen MR) is 163 cm³/mol. The summed E-state index contributed by atoms with van der Waals surface area (Å²) in [6.07, 6.45) is -3.17. The number of amides is 4. The number of alkyl halides is 5. The Hall–Kier alpha value is -4.29. The quantitative estimate of drug-likeness (QED) is 0.152. The normalized spacial score (nSPS) is 20.0. The number of anilines is 1. The number of benzene rings is 1. The molecule has 0 bridgehead atoms. The van der Waals surface area contributed by atoms with E-state index in [1.807, 2.05) is 0 Å². The minimum Gasteiger partial charge on any atom is -0.390 e. The highest BCUT2D eigenvalue weighted by Gasteiger charge is 2.59. The van der Waals surface area contributed by atoms with Crippen LogP contribution in [0, 0.1) is 0 Å². The first kappa shape index (κ1) is 35.0. The van der Waals surface area contributed by atoms with Gasteiger partial charge in [0.2, 0.25) is 0 Å². The number of aliphatic hydroxyl groups excluding tert-OH is 1. The van der Waals surface area contributed by atoms with Crippen LogP contribution >= 0.6 is 11.6 Å². The van der Waals surface area contributed by atoms with Crippen LogP contribution in [0.15, 0.2) is 30.6 Å².